The molecule has 1 atom stereocenters. The molecule has 272 valence electrons. The summed E-state index contributed by atoms with van der Waals surface area (Å²) < 4.78 is 58.0. The first-order valence-electron chi connectivity index (χ1n) is 17.4. The molecule has 3 rings (SSSR count). The predicted molar refractivity (Wildman–Crippen MR) is 188 cm³/mol. The number of esters is 1. The average molecular weight is 681 g/mol. The number of alkyl halides is 3. The summed E-state index contributed by atoms with van der Waals surface area (Å²) in [4.78, 5) is 31.5. The summed E-state index contributed by atoms with van der Waals surface area (Å²) in [7, 11) is 0. The molecule has 0 aliphatic carbocycles. The van der Waals surface area contributed by atoms with Gasteiger partial charge >= 0.3 is 12.1 Å². The lowest BCUT2D eigenvalue weighted by atomic mass is 9.77. The number of hydrogen-bond donors (Lipinski definition) is 1. The van der Waals surface area contributed by atoms with E-state index >= 15 is 0 Å². The van der Waals surface area contributed by atoms with E-state index in [1.807, 2.05) is 48.5 Å². The molecule has 1 aliphatic rings. The Morgan fingerprint density at radius 2 is 1.46 bits per heavy atom. The van der Waals surface area contributed by atoms with Crippen LogP contribution in [0.2, 0.25) is 0 Å². The zero-order valence-corrected chi connectivity index (χ0v) is 31.2. The minimum atomic E-state index is -4.48. The van der Waals surface area contributed by atoms with E-state index in [9.17, 15) is 22.8 Å². The third kappa shape index (κ3) is 11.7. The number of H-pyrrole nitrogens is 1. The first-order chi connectivity index (χ1) is 22.5. The lowest BCUT2D eigenvalue weighted by molar-refractivity contribution is -0.147. The van der Waals surface area contributed by atoms with Gasteiger partial charge in [-0.2, -0.15) is 13.2 Å². The second-order valence-corrected chi connectivity index (χ2v) is 12.9. The molecular formula is C38H59F3N2O5. The second kappa shape index (κ2) is 19.7. The van der Waals surface area contributed by atoms with Gasteiger partial charge in [-0.1, -0.05) is 62.3 Å². The molecule has 7 nitrogen and oxygen atoms in total. The Bertz CT molecular complexity index is 1310. The molecule has 48 heavy (non-hydrogen) atoms. The van der Waals surface area contributed by atoms with Gasteiger partial charge in [-0.3, -0.25) is 4.79 Å². The van der Waals surface area contributed by atoms with Crippen LogP contribution in [0.15, 0.2) is 30.5 Å². The number of carbonyl (C=O) groups excluding carboxylic acids is 2. The molecule has 1 aliphatic heterocycles. The fourth-order valence-corrected chi connectivity index (χ4v) is 5.35. The van der Waals surface area contributed by atoms with E-state index < -0.39 is 29.6 Å². The summed E-state index contributed by atoms with van der Waals surface area (Å²) in [6.07, 6.45) is -0.406. The lowest BCUT2D eigenvalue weighted by Gasteiger charge is -2.31. The number of amides is 1. The molecule has 0 bridgehead atoms. The maximum absolute atomic E-state index is 13.9. The fourth-order valence-electron chi connectivity index (χ4n) is 5.35. The van der Waals surface area contributed by atoms with Crippen LogP contribution in [0.25, 0.3) is 5.57 Å². The molecule has 1 aromatic carbocycles. The van der Waals surface area contributed by atoms with E-state index in [0.29, 0.717) is 29.0 Å². The van der Waals surface area contributed by atoms with Crippen LogP contribution < -0.4 is 4.74 Å². The number of benzene rings is 1. The van der Waals surface area contributed by atoms with Crippen molar-refractivity contribution in [2.24, 2.45) is 0 Å². The van der Waals surface area contributed by atoms with Gasteiger partial charge in [0.2, 0.25) is 0 Å². The smallest absolute Gasteiger partial charge is 0.396 e. The van der Waals surface area contributed by atoms with E-state index in [1.165, 1.54) is 11.1 Å². The van der Waals surface area contributed by atoms with Crippen LogP contribution in [0.1, 0.15) is 147 Å². The molecule has 0 saturated heterocycles. The van der Waals surface area contributed by atoms with Crippen molar-refractivity contribution in [2.75, 3.05) is 26.4 Å². The van der Waals surface area contributed by atoms with Crippen LogP contribution in [-0.2, 0) is 19.7 Å². The number of fused-ring (bicyclic) bond motifs is 1. The lowest BCUT2D eigenvalue weighted by Crippen LogP contribution is -2.37. The molecule has 1 unspecified atom stereocenters. The first kappa shape index (κ1) is 42.8. The Morgan fingerprint density at radius 1 is 0.917 bits per heavy atom. The van der Waals surface area contributed by atoms with Crippen molar-refractivity contribution in [3.05, 3.63) is 58.5 Å². The molecule has 1 N–H and O–H groups in total. The summed E-state index contributed by atoms with van der Waals surface area (Å²) in [5.74, 6) is -2.47. The summed E-state index contributed by atoms with van der Waals surface area (Å²) >= 11 is 0. The number of aromatic nitrogens is 1. The largest absolute Gasteiger partial charge is 0.494 e. The molecular weight excluding hydrogens is 621 g/mol. The van der Waals surface area contributed by atoms with E-state index in [-0.39, 0.29) is 35.3 Å². The first-order valence-corrected chi connectivity index (χ1v) is 17.4. The molecule has 0 spiro atoms. The van der Waals surface area contributed by atoms with Gasteiger partial charge in [0, 0.05) is 42.6 Å². The molecule has 0 fully saturated rings. The molecule has 0 radical (unpaired) electrons. The maximum atomic E-state index is 13.9. The van der Waals surface area contributed by atoms with Gasteiger partial charge in [0.15, 0.2) is 0 Å². The van der Waals surface area contributed by atoms with E-state index in [1.54, 1.807) is 38.1 Å². The Kier molecular flexibility index (Phi) is 17.5. The summed E-state index contributed by atoms with van der Waals surface area (Å²) in [5.41, 5.74) is 1.00. The maximum Gasteiger partial charge on any atom is 0.396 e. The van der Waals surface area contributed by atoms with Gasteiger partial charge in [-0.15, -0.1) is 0 Å². The van der Waals surface area contributed by atoms with Gasteiger partial charge in [0.25, 0.3) is 5.91 Å². The summed E-state index contributed by atoms with van der Waals surface area (Å²) in [6, 6.07) is 6.75. The normalized spacial score (nSPS) is 14.5. The summed E-state index contributed by atoms with van der Waals surface area (Å²) in [6.45, 7) is 24.7. The van der Waals surface area contributed by atoms with Crippen LogP contribution >= 0.6 is 0 Å². The van der Waals surface area contributed by atoms with Gasteiger partial charge in [-0.25, -0.2) is 4.79 Å². The monoisotopic (exact) mass is 680 g/mol. The number of hydrogen-bond acceptors (Lipinski definition) is 5. The van der Waals surface area contributed by atoms with Crippen molar-refractivity contribution in [3.63, 3.8) is 0 Å². The van der Waals surface area contributed by atoms with Crippen molar-refractivity contribution in [1.82, 2.24) is 9.88 Å². The van der Waals surface area contributed by atoms with Gasteiger partial charge in [0.05, 0.1) is 29.9 Å². The number of ether oxygens (including phenoxy) is 3. The average Bonchev–Trinajstić information content (AvgIpc) is 3.39. The zero-order valence-electron chi connectivity index (χ0n) is 31.2. The topological polar surface area (TPSA) is 80.9 Å². The minimum Gasteiger partial charge on any atom is -0.494 e. The summed E-state index contributed by atoms with van der Waals surface area (Å²) in [5, 5.41) is 0. The third-order valence-corrected chi connectivity index (χ3v) is 7.46. The quantitative estimate of drug-likeness (QED) is 0.178. The zero-order chi connectivity index (χ0) is 36.8. The van der Waals surface area contributed by atoms with Gasteiger partial charge < -0.3 is 24.1 Å². The minimum absolute atomic E-state index is 0.0167. The highest BCUT2D eigenvalue weighted by atomic mass is 19.4. The third-order valence-electron chi connectivity index (χ3n) is 7.46. The Balaban J connectivity index is 0.00000113. The van der Waals surface area contributed by atoms with Crippen molar-refractivity contribution in [2.45, 2.75) is 132 Å². The van der Waals surface area contributed by atoms with E-state index in [4.69, 9.17) is 14.2 Å². The van der Waals surface area contributed by atoms with E-state index in [0.717, 1.165) is 39.4 Å². The van der Waals surface area contributed by atoms with Crippen LogP contribution in [0.4, 0.5) is 13.2 Å². The van der Waals surface area contributed by atoms with Gasteiger partial charge in [0.1, 0.15) is 5.75 Å². The number of nitrogens with zero attached hydrogens (tertiary/aromatic N) is 1. The Hall–Kier alpha value is -3.27. The Labute approximate surface area is 286 Å². The van der Waals surface area contributed by atoms with Crippen LogP contribution in [0, 0.1) is 0 Å². The second-order valence-electron chi connectivity index (χ2n) is 12.9. The standard InChI is InChI=1S/C30H39F3N2O4.C6H14O.C2H6/c1-9-14-38-21-12-10-20(11-13-21)27(36)35-15-22(28(37)39-18(4)5)26-24(29(7,8)16-35)23(17(2)3)25(34-26)19(6)30(31,32)33;1-3-5-7-6-4-2;1-2/h10-13,15,17-19,34H,9,14,16H2,1-8H3;3-6H2,1-2H3;1-2H3. The molecule has 10 heteroatoms. The predicted octanol–water partition coefficient (Wildman–Crippen LogP) is 10.2. The van der Waals surface area contributed by atoms with Crippen LogP contribution in [0.3, 0.4) is 0 Å². The van der Waals surface area contributed by atoms with Crippen molar-refractivity contribution in [1.29, 1.82) is 0 Å². The van der Waals surface area contributed by atoms with Crippen LogP contribution in [0.5, 0.6) is 5.75 Å². The Morgan fingerprint density at radius 3 is 1.92 bits per heavy atom. The van der Waals surface area contributed by atoms with Crippen LogP contribution in [-0.4, -0.2) is 60.4 Å². The molecule has 0 saturated carbocycles. The highest BCUT2D eigenvalue weighted by Gasteiger charge is 2.45. The van der Waals surface area contributed by atoms with Gasteiger partial charge in [-0.05, 0) is 81.3 Å². The highest BCUT2D eigenvalue weighted by molar-refractivity contribution is 6.17. The fraction of sp³-hybridized carbons (Fsp3) is 0.632. The number of nitrogens with one attached hydrogen (secondary N) is 1. The van der Waals surface area contributed by atoms with Crippen molar-refractivity contribution >= 4 is 17.4 Å². The molecule has 1 amide bonds. The highest BCUT2D eigenvalue weighted by Crippen LogP contribution is 2.46. The molecule has 1 aromatic heterocycles. The molecule has 2 aromatic rings. The number of halogens is 3. The number of rotatable bonds is 12. The molecule has 2 heterocycles. The number of aromatic amines is 1. The SMILES string of the molecule is CC.CCCOCCC.CCCOc1ccc(C(=O)N2C=C(C(=O)OC(C)C)c3[nH]c(C(C)C(F)(F)F)c(C(C)C)c3C(C)(C)C2)cc1. The number of carbonyl (C=O) groups is 2. The van der Waals surface area contributed by atoms with Crippen molar-refractivity contribution < 1.29 is 37.0 Å². The van der Waals surface area contributed by atoms with E-state index in [2.05, 4.69) is 18.8 Å². The van der Waals surface area contributed by atoms with Crippen molar-refractivity contribution in [3.8, 4) is 5.75 Å².